The van der Waals surface area contributed by atoms with E-state index in [0.717, 1.165) is 16.8 Å². The molecule has 1 fully saturated rings. The third-order valence-corrected chi connectivity index (χ3v) is 6.13. The Morgan fingerprint density at radius 2 is 1.91 bits per heavy atom. The van der Waals surface area contributed by atoms with Gasteiger partial charge < -0.3 is 15.0 Å². The van der Waals surface area contributed by atoms with Gasteiger partial charge in [0.15, 0.2) is 0 Å². The fourth-order valence-corrected chi connectivity index (χ4v) is 4.02. The molecule has 1 saturated heterocycles. The zero-order valence-electron chi connectivity index (χ0n) is 18.5. The molecular formula is C24H25N5O3S. The summed E-state index contributed by atoms with van der Waals surface area (Å²) >= 11 is 0. The topological polar surface area (TPSA) is 108 Å². The van der Waals surface area contributed by atoms with E-state index in [0.29, 0.717) is 48.9 Å². The number of hydrogen-bond donors (Lipinski definition) is 2. The zero-order chi connectivity index (χ0) is 23.4. The number of hydrogen-bond acceptors (Lipinski definition) is 7. The Morgan fingerprint density at radius 1 is 1.12 bits per heavy atom. The number of morpholine rings is 1. The van der Waals surface area contributed by atoms with Crippen LogP contribution in [-0.4, -0.2) is 62.6 Å². The molecule has 9 heteroatoms. The Balaban J connectivity index is 1.63. The van der Waals surface area contributed by atoms with E-state index in [1.165, 1.54) is 6.26 Å². The van der Waals surface area contributed by atoms with Gasteiger partial charge in [0.25, 0.3) is 5.91 Å². The van der Waals surface area contributed by atoms with Gasteiger partial charge in [0.2, 0.25) is 0 Å². The maximum absolute atomic E-state index is 13.0. The predicted molar refractivity (Wildman–Crippen MR) is 130 cm³/mol. The van der Waals surface area contributed by atoms with Crippen LogP contribution in [0.25, 0.3) is 11.3 Å². The number of benzene rings is 1. The first-order chi connectivity index (χ1) is 15.9. The smallest absolute Gasteiger partial charge is 0.254 e. The highest BCUT2D eigenvalue weighted by Crippen LogP contribution is 2.25. The Hall–Kier alpha value is -3.43. The van der Waals surface area contributed by atoms with Crippen LogP contribution in [0.4, 0.5) is 11.5 Å². The summed E-state index contributed by atoms with van der Waals surface area (Å²) in [5, 5.41) is 11.4. The van der Waals surface area contributed by atoms with Gasteiger partial charge in [0.1, 0.15) is 10.9 Å². The molecule has 8 nitrogen and oxygen atoms in total. The third-order valence-electron chi connectivity index (χ3n) is 5.33. The summed E-state index contributed by atoms with van der Waals surface area (Å²) < 4.78 is 17.3. The lowest BCUT2D eigenvalue weighted by atomic mass is 10.1. The second-order valence-electron chi connectivity index (χ2n) is 7.72. The summed E-state index contributed by atoms with van der Waals surface area (Å²) in [6.07, 6.45) is 4.94. The van der Waals surface area contributed by atoms with E-state index in [4.69, 9.17) is 10.1 Å². The molecule has 1 aromatic carbocycles. The molecule has 1 unspecified atom stereocenters. The van der Waals surface area contributed by atoms with Gasteiger partial charge in [-0.15, -0.1) is 0 Å². The van der Waals surface area contributed by atoms with Crippen molar-refractivity contribution in [3.05, 3.63) is 71.5 Å². The van der Waals surface area contributed by atoms with Crippen LogP contribution in [0.1, 0.15) is 21.5 Å². The van der Waals surface area contributed by atoms with Crippen molar-refractivity contribution in [2.75, 3.05) is 37.9 Å². The molecule has 3 heterocycles. The summed E-state index contributed by atoms with van der Waals surface area (Å²) in [6, 6.07) is 12.7. The quantitative estimate of drug-likeness (QED) is 0.444. The van der Waals surface area contributed by atoms with E-state index in [1.54, 1.807) is 35.5 Å². The van der Waals surface area contributed by atoms with Gasteiger partial charge in [0.05, 0.1) is 35.4 Å². The molecule has 2 aromatic heterocycles. The molecule has 0 spiro atoms. The van der Waals surface area contributed by atoms with Crippen molar-refractivity contribution in [1.29, 1.82) is 5.41 Å². The van der Waals surface area contributed by atoms with Crippen molar-refractivity contribution in [3.8, 4) is 11.3 Å². The van der Waals surface area contributed by atoms with Gasteiger partial charge in [-0.3, -0.25) is 19.4 Å². The molecule has 1 amide bonds. The standard InChI is InChI=1S/C24H25N5O3S/c1-16-7-8-26-20(13-16)18-4-6-22(27-15-18)28-21-14-17(3-5-19(21)23(25)33(2)31)24(30)29-9-11-32-12-10-29/h3-8,13-15,25H,9-12H2,1-2H3,(H,27,28). The number of aromatic nitrogens is 2. The molecule has 1 atom stereocenters. The second kappa shape index (κ2) is 10.0. The average Bonchev–Trinajstić information content (AvgIpc) is 2.84. The number of anilines is 2. The number of ether oxygens (including phenoxy) is 1. The van der Waals surface area contributed by atoms with E-state index in [1.807, 2.05) is 31.2 Å². The number of carbonyl (C=O) groups is 1. The van der Waals surface area contributed by atoms with Gasteiger partial charge in [0, 0.05) is 48.4 Å². The average molecular weight is 464 g/mol. The summed E-state index contributed by atoms with van der Waals surface area (Å²) in [5.41, 5.74) is 4.26. The maximum Gasteiger partial charge on any atom is 0.254 e. The Labute approximate surface area is 195 Å². The molecule has 0 bridgehead atoms. The van der Waals surface area contributed by atoms with Crippen LogP contribution in [0.5, 0.6) is 0 Å². The fraction of sp³-hybridized carbons (Fsp3) is 0.250. The van der Waals surface area contributed by atoms with Crippen molar-refractivity contribution in [2.24, 2.45) is 0 Å². The monoisotopic (exact) mass is 463 g/mol. The van der Waals surface area contributed by atoms with Crippen LogP contribution in [-0.2, 0) is 15.5 Å². The lowest BCUT2D eigenvalue weighted by Gasteiger charge is -2.27. The first kappa shape index (κ1) is 22.8. The van der Waals surface area contributed by atoms with Crippen LogP contribution in [0.15, 0.2) is 54.9 Å². The van der Waals surface area contributed by atoms with E-state index in [2.05, 4.69) is 15.3 Å². The van der Waals surface area contributed by atoms with E-state index < -0.39 is 10.8 Å². The van der Waals surface area contributed by atoms with Gasteiger partial charge in [-0.1, -0.05) is 0 Å². The molecule has 0 saturated carbocycles. The first-order valence-corrected chi connectivity index (χ1v) is 12.1. The third kappa shape index (κ3) is 5.32. The maximum atomic E-state index is 13.0. The minimum atomic E-state index is -1.48. The molecule has 4 rings (SSSR count). The first-order valence-electron chi connectivity index (χ1n) is 10.5. The summed E-state index contributed by atoms with van der Waals surface area (Å²) in [7, 11) is -1.48. The molecule has 1 aliphatic heterocycles. The number of nitrogens with zero attached hydrogens (tertiary/aromatic N) is 3. The zero-order valence-corrected chi connectivity index (χ0v) is 19.3. The predicted octanol–water partition coefficient (Wildman–Crippen LogP) is 3.37. The largest absolute Gasteiger partial charge is 0.378 e. The van der Waals surface area contributed by atoms with Crippen molar-refractivity contribution in [2.45, 2.75) is 6.92 Å². The number of carbonyl (C=O) groups excluding carboxylic acids is 1. The minimum absolute atomic E-state index is 0.0246. The van der Waals surface area contributed by atoms with E-state index in [9.17, 15) is 9.00 Å². The van der Waals surface area contributed by atoms with Crippen molar-refractivity contribution < 1.29 is 13.7 Å². The van der Waals surface area contributed by atoms with Crippen molar-refractivity contribution in [3.63, 3.8) is 0 Å². The van der Waals surface area contributed by atoms with Crippen LogP contribution in [0, 0.1) is 12.3 Å². The second-order valence-corrected chi connectivity index (χ2v) is 9.04. The molecular weight excluding hydrogens is 438 g/mol. The Bertz CT molecular complexity index is 1210. The van der Waals surface area contributed by atoms with Crippen molar-refractivity contribution in [1.82, 2.24) is 14.9 Å². The number of aryl methyl sites for hydroxylation is 1. The normalized spacial score (nSPS) is 14.5. The summed E-state index contributed by atoms with van der Waals surface area (Å²) in [4.78, 5) is 23.6. The van der Waals surface area contributed by atoms with Crippen LogP contribution < -0.4 is 5.32 Å². The van der Waals surface area contributed by atoms with Crippen LogP contribution >= 0.6 is 0 Å². The van der Waals surface area contributed by atoms with Gasteiger partial charge >= 0.3 is 0 Å². The highest BCUT2D eigenvalue weighted by atomic mass is 32.2. The van der Waals surface area contributed by atoms with Crippen LogP contribution in [0.2, 0.25) is 0 Å². The Morgan fingerprint density at radius 3 is 2.58 bits per heavy atom. The van der Waals surface area contributed by atoms with Crippen LogP contribution in [0.3, 0.4) is 0 Å². The highest BCUT2D eigenvalue weighted by Gasteiger charge is 2.21. The number of amides is 1. The van der Waals surface area contributed by atoms with Gasteiger partial charge in [-0.05, 0) is 55.0 Å². The van der Waals surface area contributed by atoms with Crippen molar-refractivity contribution >= 4 is 33.3 Å². The Kier molecular flexibility index (Phi) is 6.90. The minimum Gasteiger partial charge on any atom is -0.378 e. The SMILES string of the molecule is Cc1ccnc(-c2ccc(Nc3cc(C(=O)N4CCOCC4)ccc3C(=N)S(C)=O)nc2)c1. The fourth-order valence-electron chi connectivity index (χ4n) is 3.53. The van der Waals surface area contributed by atoms with E-state index >= 15 is 0 Å². The molecule has 33 heavy (non-hydrogen) atoms. The summed E-state index contributed by atoms with van der Waals surface area (Å²) in [6.45, 7) is 4.11. The highest BCUT2D eigenvalue weighted by molar-refractivity contribution is 8.00. The molecule has 3 aromatic rings. The molecule has 0 radical (unpaired) electrons. The van der Waals surface area contributed by atoms with E-state index in [-0.39, 0.29) is 11.0 Å². The molecule has 170 valence electrons. The number of rotatable bonds is 5. The number of nitrogens with one attached hydrogen (secondary N) is 2. The molecule has 0 aliphatic carbocycles. The lowest BCUT2D eigenvalue weighted by Crippen LogP contribution is -2.40. The lowest BCUT2D eigenvalue weighted by molar-refractivity contribution is 0.0303. The number of pyridine rings is 2. The molecule has 1 aliphatic rings. The summed E-state index contributed by atoms with van der Waals surface area (Å²) in [5.74, 6) is 0.434. The van der Waals surface area contributed by atoms with Gasteiger partial charge in [-0.2, -0.15) is 0 Å². The molecule has 2 N–H and O–H groups in total. The van der Waals surface area contributed by atoms with Gasteiger partial charge in [-0.25, -0.2) is 4.98 Å².